The second-order valence-electron chi connectivity index (χ2n) is 4.03. The maximum absolute atomic E-state index is 5.74. The number of thiocarbonyl (C=S) groups is 1. The summed E-state index contributed by atoms with van der Waals surface area (Å²) in [6, 6.07) is 5.77. The van der Waals surface area contributed by atoms with Crippen molar-refractivity contribution in [3.63, 3.8) is 0 Å². The van der Waals surface area contributed by atoms with Crippen LogP contribution < -0.4 is 11.1 Å². The van der Waals surface area contributed by atoms with Crippen LogP contribution in [0.1, 0.15) is 17.0 Å². The van der Waals surface area contributed by atoms with E-state index < -0.39 is 0 Å². The van der Waals surface area contributed by atoms with Crippen molar-refractivity contribution in [2.24, 2.45) is 5.73 Å². The molecule has 1 aromatic carbocycles. The molecule has 4 nitrogen and oxygen atoms in total. The Labute approximate surface area is 125 Å². The van der Waals surface area contributed by atoms with E-state index in [2.05, 4.69) is 31.2 Å². The van der Waals surface area contributed by atoms with E-state index >= 15 is 0 Å². The molecule has 3 N–H and O–H groups in total. The Morgan fingerprint density at radius 3 is 2.79 bits per heavy atom. The van der Waals surface area contributed by atoms with Crippen LogP contribution in [0.15, 0.2) is 35.1 Å². The third-order valence-electron chi connectivity index (χ3n) is 2.55. The monoisotopic (exact) mass is 336 g/mol. The normalized spacial score (nSPS) is 10.2. The zero-order chi connectivity index (χ0) is 13.8. The predicted octanol–water partition coefficient (Wildman–Crippen LogP) is 2.79. The van der Waals surface area contributed by atoms with Crippen LogP contribution in [0.25, 0.3) is 0 Å². The highest BCUT2D eigenvalue weighted by molar-refractivity contribution is 9.10. The zero-order valence-corrected chi connectivity index (χ0v) is 12.8. The molecule has 0 unspecified atom stereocenters. The molecule has 0 aliphatic carbocycles. The van der Waals surface area contributed by atoms with Crippen LogP contribution in [-0.2, 0) is 6.54 Å². The van der Waals surface area contributed by atoms with Gasteiger partial charge in [-0.3, -0.25) is 9.97 Å². The number of aromatic nitrogens is 2. The standard InChI is InChI=1S/C13H13BrN4S/c1-8-5-17-9(6-16-8)7-18-11-4-2-3-10(14)12(11)13(15)19/h2-6,18H,7H2,1H3,(H2,15,19). The Bertz CT molecular complexity index is 598. The molecule has 0 atom stereocenters. The van der Waals surface area contributed by atoms with Crippen molar-refractivity contribution in [2.45, 2.75) is 13.5 Å². The van der Waals surface area contributed by atoms with Gasteiger partial charge in [0, 0.05) is 21.9 Å². The summed E-state index contributed by atoms with van der Waals surface area (Å²) in [6.07, 6.45) is 3.49. The van der Waals surface area contributed by atoms with Crippen LogP contribution in [0.2, 0.25) is 0 Å². The maximum atomic E-state index is 5.74. The molecule has 0 aliphatic rings. The summed E-state index contributed by atoms with van der Waals surface area (Å²) in [7, 11) is 0. The van der Waals surface area contributed by atoms with Crippen LogP contribution in [0.4, 0.5) is 5.69 Å². The fourth-order valence-corrected chi connectivity index (χ4v) is 2.55. The van der Waals surface area contributed by atoms with Crippen LogP contribution >= 0.6 is 28.1 Å². The number of anilines is 1. The fraction of sp³-hybridized carbons (Fsp3) is 0.154. The molecule has 1 aromatic heterocycles. The SMILES string of the molecule is Cc1cnc(CNc2cccc(Br)c2C(N)=S)cn1. The molecule has 1 heterocycles. The molecule has 0 aliphatic heterocycles. The molecule has 98 valence electrons. The van der Waals surface area contributed by atoms with Gasteiger partial charge in [-0.25, -0.2) is 0 Å². The largest absolute Gasteiger partial charge is 0.389 e. The Morgan fingerprint density at radius 1 is 1.37 bits per heavy atom. The third-order valence-corrected chi connectivity index (χ3v) is 3.42. The Kier molecular flexibility index (Phi) is 4.44. The minimum Gasteiger partial charge on any atom is -0.389 e. The molecule has 0 radical (unpaired) electrons. The van der Waals surface area contributed by atoms with Gasteiger partial charge < -0.3 is 11.1 Å². The first-order chi connectivity index (χ1) is 9.08. The van der Waals surface area contributed by atoms with Gasteiger partial charge in [-0.15, -0.1) is 0 Å². The summed E-state index contributed by atoms with van der Waals surface area (Å²) in [5, 5.41) is 3.27. The van der Waals surface area contributed by atoms with E-state index in [1.807, 2.05) is 25.1 Å². The molecule has 0 bridgehead atoms. The van der Waals surface area contributed by atoms with Gasteiger partial charge in [0.05, 0.1) is 24.1 Å². The van der Waals surface area contributed by atoms with Gasteiger partial charge in [-0.05, 0) is 35.0 Å². The Balaban J connectivity index is 2.18. The van der Waals surface area contributed by atoms with Gasteiger partial charge in [-0.2, -0.15) is 0 Å². The minimum atomic E-state index is 0.352. The van der Waals surface area contributed by atoms with Gasteiger partial charge >= 0.3 is 0 Å². The molecule has 19 heavy (non-hydrogen) atoms. The van der Waals surface area contributed by atoms with Crippen LogP contribution in [0.5, 0.6) is 0 Å². The smallest absolute Gasteiger partial charge is 0.107 e. The molecular weight excluding hydrogens is 324 g/mol. The van der Waals surface area contributed by atoms with E-state index in [1.165, 1.54) is 0 Å². The summed E-state index contributed by atoms with van der Waals surface area (Å²) in [5.74, 6) is 0. The third kappa shape index (κ3) is 3.48. The van der Waals surface area contributed by atoms with Gasteiger partial charge in [0.25, 0.3) is 0 Å². The van der Waals surface area contributed by atoms with Crippen molar-refractivity contribution in [1.82, 2.24) is 9.97 Å². The van der Waals surface area contributed by atoms with E-state index in [1.54, 1.807) is 12.4 Å². The quantitative estimate of drug-likeness (QED) is 0.840. The van der Waals surface area contributed by atoms with Crippen molar-refractivity contribution in [3.05, 3.63) is 52.0 Å². The summed E-state index contributed by atoms with van der Waals surface area (Å²) in [5.41, 5.74) is 9.18. The van der Waals surface area contributed by atoms with Crippen LogP contribution in [-0.4, -0.2) is 15.0 Å². The van der Waals surface area contributed by atoms with Crippen LogP contribution in [0.3, 0.4) is 0 Å². The lowest BCUT2D eigenvalue weighted by molar-refractivity contribution is 0.984. The number of benzene rings is 1. The molecule has 2 rings (SSSR count). The Morgan fingerprint density at radius 2 is 2.16 bits per heavy atom. The van der Waals surface area contributed by atoms with E-state index in [9.17, 15) is 0 Å². The predicted molar refractivity (Wildman–Crippen MR) is 84.1 cm³/mol. The molecule has 0 saturated carbocycles. The first-order valence-electron chi connectivity index (χ1n) is 5.67. The average molecular weight is 337 g/mol. The summed E-state index contributed by atoms with van der Waals surface area (Å²) >= 11 is 8.51. The summed E-state index contributed by atoms with van der Waals surface area (Å²) < 4.78 is 0.875. The van der Waals surface area contributed by atoms with E-state index in [-0.39, 0.29) is 0 Å². The minimum absolute atomic E-state index is 0.352. The molecule has 0 fully saturated rings. The summed E-state index contributed by atoms with van der Waals surface area (Å²) in [4.78, 5) is 8.85. The molecule has 6 heteroatoms. The summed E-state index contributed by atoms with van der Waals surface area (Å²) in [6.45, 7) is 2.48. The number of nitrogens with two attached hydrogens (primary N) is 1. The van der Waals surface area contributed by atoms with E-state index in [0.29, 0.717) is 11.5 Å². The van der Waals surface area contributed by atoms with E-state index in [0.717, 1.165) is 27.1 Å². The number of nitrogens with zero attached hydrogens (tertiary/aromatic N) is 2. The molecule has 0 saturated heterocycles. The number of aryl methyl sites for hydroxylation is 1. The number of nitrogens with one attached hydrogen (secondary N) is 1. The van der Waals surface area contributed by atoms with Crippen molar-refractivity contribution >= 4 is 38.8 Å². The van der Waals surface area contributed by atoms with Gasteiger partial charge in [0.15, 0.2) is 0 Å². The van der Waals surface area contributed by atoms with Crippen LogP contribution in [0, 0.1) is 6.92 Å². The lowest BCUT2D eigenvalue weighted by Crippen LogP contribution is -2.14. The topological polar surface area (TPSA) is 63.8 Å². The van der Waals surface area contributed by atoms with E-state index in [4.69, 9.17) is 18.0 Å². The molecule has 0 amide bonds. The highest BCUT2D eigenvalue weighted by Crippen LogP contribution is 2.25. The molecule has 2 aromatic rings. The zero-order valence-electron chi connectivity index (χ0n) is 10.4. The first-order valence-corrected chi connectivity index (χ1v) is 6.88. The number of rotatable bonds is 4. The second-order valence-corrected chi connectivity index (χ2v) is 5.32. The van der Waals surface area contributed by atoms with Gasteiger partial charge in [0.1, 0.15) is 4.99 Å². The maximum Gasteiger partial charge on any atom is 0.107 e. The highest BCUT2D eigenvalue weighted by Gasteiger charge is 2.09. The average Bonchev–Trinajstić information content (AvgIpc) is 2.37. The highest BCUT2D eigenvalue weighted by atomic mass is 79.9. The lowest BCUT2D eigenvalue weighted by atomic mass is 10.1. The number of hydrogen-bond acceptors (Lipinski definition) is 4. The van der Waals surface area contributed by atoms with Crippen molar-refractivity contribution < 1.29 is 0 Å². The van der Waals surface area contributed by atoms with Crippen molar-refractivity contribution in [1.29, 1.82) is 0 Å². The van der Waals surface area contributed by atoms with Gasteiger partial charge in [-0.1, -0.05) is 18.3 Å². The molecule has 0 spiro atoms. The number of halogens is 1. The second kappa shape index (κ2) is 6.08. The van der Waals surface area contributed by atoms with Crippen molar-refractivity contribution in [3.8, 4) is 0 Å². The lowest BCUT2D eigenvalue weighted by Gasteiger charge is -2.12. The first kappa shape index (κ1) is 13.9. The Hall–Kier alpha value is -1.53. The fourth-order valence-electron chi connectivity index (χ4n) is 1.62. The van der Waals surface area contributed by atoms with Gasteiger partial charge in [0.2, 0.25) is 0 Å². The van der Waals surface area contributed by atoms with Crippen molar-refractivity contribution in [2.75, 3.05) is 5.32 Å². The number of hydrogen-bond donors (Lipinski definition) is 2. The molecular formula is C13H13BrN4S.